The van der Waals surface area contributed by atoms with Gasteiger partial charge in [-0.25, -0.2) is 4.79 Å². The molecule has 0 bridgehead atoms. The molecule has 0 aliphatic carbocycles. The van der Waals surface area contributed by atoms with Crippen LogP contribution in [0.4, 0.5) is 4.79 Å². The lowest BCUT2D eigenvalue weighted by Gasteiger charge is -2.32. The molecule has 13 heavy (non-hydrogen) atoms. The van der Waals surface area contributed by atoms with Crippen LogP contribution in [0, 0.1) is 5.92 Å². The van der Waals surface area contributed by atoms with Crippen molar-refractivity contribution in [2.75, 3.05) is 7.05 Å². The maximum atomic E-state index is 10.9. The molecule has 1 atom stereocenters. The van der Waals surface area contributed by atoms with Gasteiger partial charge in [0.2, 0.25) is 0 Å². The number of hydrogen-bond acceptors (Lipinski definition) is 3. The zero-order valence-electron chi connectivity index (χ0n) is 8.92. The molecular weight excluding hydrogens is 170 g/mol. The summed E-state index contributed by atoms with van der Waals surface area (Å²) in [4.78, 5) is 10.9. The van der Waals surface area contributed by atoms with E-state index in [1.807, 2.05) is 13.8 Å². The predicted octanol–water partition coefficient (Wildman–Crippen LogP) is 1.14. The molecule has 2 N–H and O–H groups in total. The minimum Gasteiger partial charge on any atom is -0.441 e. The molecule has 0 aromatic carbocycles. The molecule has 4 heteroatoms. The molecule has 0 unspecified atom stereocenters. The van der Waals surface area contributed by atoms with Gasteiger partial charge in [0.25, 0.3) is 0 Å². The lowest BCUT2D eigenvalue weighted by Crippen LogP contribution is -2.45. The van der Waals surface area contributed by atoms with Crippen molar-refractivity contribution in [3.8, 4) is 0 Å². The van der Waals surface area contributed by atoms with E-state index in [-0.39, 0.29) is 5.92 Å². The summed E-state index contributed by atoms with van der Waals surface area (Å²) in [5.41, 5.74) is -0.853. The van der Waals surface area contributed by atoms with Crippen LogP contribution in [0.1, 0.15) is 27.7 Å². The molecule has 0 aromatic heterocycles. The molecule has 0 spiro atoms. The number of carbonyl (C=O) groups excluding carboxylic acids is 1. The van der Waals surface area contributed by atoms with Crippen molar-refractivity contribution < 1.29 is 14.6 Å². The number of ether oxygens (including phenoxy) is 1. The van der Waals surface area contributed by atoms with Crippen LogP contribution in [0.2, 0.25) is 0 Å². The van der Waals surface area contributed by atoms with Gasteiger partial charge >= 0.3 is 6.09 Å². The molecule has 0 rings (SSSR count). The number of alkyl carbamates (subject to hydrolysis) is 1. The van der Waals surface area contributed by atoms with Gasteiger partial charge in [-0.2, -0.15) is 0 Å². The average Bonchev–Trinajstić information content (AvgIpc) is 2.01. The summed E-state index contributed by atoms with van der Waals surface area (Å²) in [6.07, 6.45) is -1.19. The Labute approximate surface area is 79.3 Å². The van der Waals surface area contributed by atoms with E-state index in [4.69, 9.17) is 4.74 Å². The third kappa shape index (κ3) is 3.63. The van der Waals surface area contributed by atoms with E-state index in [1.54, 1.807) is 13.8 Å². The predicted molar refractivity (Wildman–Crippen MR) is 50.5 cm³/mol. The molecule has 0 aliphatic rings. The third-order valence-electron chi connectivity index (χ3n) is 1.90. The zero-order valence-corrected chi connectivity index (χ0v) is 8.92. The average molecular weight is 189 g/mol. The Kier molecular flexibility index (Phi) is 4.20. The second-order valence-electron chi connectivity index (χ2n) is 3.93. The highest BCUT2D eigenvalue weighted by molar-refractivity contribution is 5.67. The summed E-state index contributed by atoms with van der Waals surface area (Å²) in [5, 5.41) is 12.0. The molecule has 0 radical (unpaired) electrons. The molecule has 0 heterocycles. The van der Waals surface area contributed by atoms with Crippen LogP contribution in [0.25, 0.3) is 0 Å². The summed E-state index contributed by atoms with van der Waals surface area (Å²) < 4.78 is 5.01. The Bertz CT molecular complexity index is 178. The van der Waals surface area contributed by atoms with Crippen LogP contribution in [0.3, 0.4) is 0 Å². The van der Waals surface area contributed by atoms with E-state index in [0.29, 0.717) is 0 Å². The van der Waals surface area contributed by atoms with E-state index < -0.39 is 17.8 Å². The fraction of sp³-hybridized carbons (Fsp3) is 0.889. The van der Waals surface area contributed by atoms with Gasteiger partial charge in [0.1, 0.15) is 5.60 Å². The van der Waals surface area contributed by atoms with Gasteiger partial charge in [0.05, 0.1) is 6.10 Å². The topological polar surface area (TPSA) is 58.6 Å². The van der Waals surface area contributed by atoms with Crippen molar-refractivity contribution >= 4 is 6.09 Å². The van der Waals surface area contributed by atoms with E-state index in [9.17, 15) is 9.90 Å². The zero-order chi connectivity index (χ0) is 10.6. The van der Waals surface area contributed by atoms with Crippen molar-refractivity contribution in [1.82, 2.24) is 5.32 Å². The van der Waals surface area contributed by atoms with Gasteiger partial charge in [0, 0.05) is 7.05 Å². The Morgan fingerprint density at radius 2 is 1.92 bits per heavy atom. The standard InChI is InChI=1S/C9H19NO3/c1-6(2)7(11)9(3,4)13-8(12)10-5/h6-7,11H,1-5H3,(H,10,12)/t7-/m0/s1. The Morgan fingerprint density at radius 3 is 2.23 bits per heavy atom. The summed E-state index contributed by atoms with van der Waals surface area (Å²) >= 11 is 0. The van der Waals surface area contributed by atoms with E-state index in [2.05, 4.69) is 5.32 Å². The van der Waals surface area contributed by atoms with Crippen molar-refractivity contribution in [3.63, 3.8) is 0 Å². The minimum absolute atomic E-state index is 0.0552. The van der Waals surface area contributed by atoms with Crippen LogP contribution >= 0.6 is 0 Å². The Morgan fingerprint density at radius 1 is 1.46 bits per heavy atom. The summed E-state index contributed by atoms with van der Waals surface area (Å²) in [6.45, 7) is 7.12. The number of amides is 1. The fourth-order valence-electron chi connectivity index (χ4n) is 1.15. The summed E-state index contributed by atoms with van der Waals surface area (Å²) in [6, 6.07) is 0. The second-order valence-corrected chi connectivity index (χ2v) is 3.93. The highest BCUT2D eigenvalue weighted by atomic mass is 16.6. The second kappa shape index (κ2) is 4.46. The fourth-order valence-corrected chi connectivity index (χ4v) is 1.15. The van der Waals surface area contributed by atoms with Gasteiger partial charge in [-0.05, 0) is 19.8 Å². The number of aliphatic hydroxyl groups is 1. The highest BCUT2D eigenvalue weighted by Crippen LogP contribution is 2.20. The van der Waals surface area contributed by atoms with Crippen LogP contribution in [0.5, 0.6) is 0 Å². The largest absolute Gasteiger partial charge is 0.441 e. The smallest absolute Gasteiger partial charge is 0.407 e. The first-order chi connectivity index (χ1) is 5.81. The molecule has 1 amide bonds. The lowest BCUT2D eigenvalue weighted by atomic mass is 9.92. The van der Waals surface area contributed by atoms with Crippen LogP contribution in [0.15, 0.2) is 0 Å². The van der Waals surface area contributed by atoms with Crippen molar-refractivity contribution in [1.29, 1.82) is 0 Å². The first kappa shape index (κ1) is 12.2. The molecule has 0 aromatic rings. The number of hydrogen-bond donors (Lipinski definition) is 2. The molecule has 78 valence electrons. The SMILES string of the molecule is CNC(=O)OC(C)(C)[C@@H](O)C(C)C. The third-order valence-corrected chi connectivity index (χ3v) is 1.90. The van der Waals surface area contributed by atoms with Gasteiger partial charge in [-0.15, -0.1) is 0 Å². The van der Waals surface area contributed by atoms with Gasteiger partial charge in [-0.1, -0.05) is 13.8 Å². The number of nitrogens with one attached hydrogen (secondary N) is 1. The van der Waals surface area contributed by atoms with Crippen LogP contribution in [-0.2, 0) is 4.74 Å². The number of carbonyl (C=O) groups is 1. The normalized spacial score (nSPS) is 14.1. The molecule has 0 aliphatic heterocycles. The Balaban J connectivity index is 4.29. The van der Waals surface area contributed by atoms with E-state index in [1.165, 1.54) is 7.05 Å². The quantitative estimate of drug-likeness (QED) is 0.700. The number of aliphatic hydroxyl groups excluding tert-OH is 1. The maximum Gasteiger partial charge on any atom is 0.407 e. The van der Waals surface area contributed by atoms with Crippen molar-refractivity contribution in [2.24, 2.45) is 5.92 Å². The Hall–Kier alpha value is -0.770. The molecule has 4 nitrogen and oxygen atoms in total. The first-order valence-corrected chi connectivity index (χ1v) is 4.40. The number of rotatable bonds is 3. The van der Waals surface area contributed by atoms with Gasteiger partial charge in [-0.3, -0.25) is 0 Å². The van der Waals surface area contributed by atoms with Gasteiger partial charge in [0.15, 0.2) is 0 Å². The van der Waals surface area contributed by atoms with Crippen LogP contribution in [-0.4, -0.2) is 30.0 Å². The monoisotopic (exact) mass is 189 g/mol. The van der Waals surface area contributed by atoms with E-state index >= 15 is 0 Å². The first-order valence-electron chi connectivity index (χ1n) is 4.40. The van der Waals surface area contributed by atoms with Crippen LogP contribution < -0.4 is 5.32 Å². The lowest BCUT2D eigenvalue weighted by molar-refractivity contribution is -0.0762. The molecular formula is C9H19NO3. The molecule has 0 fully saturated rings. The maximum absolute atomic E-state index is 10.9. The molecule has 0 saturated carbocycles. The minimum atomic E-state index is -0.853. The van der Waals surface area contributed by atoms with Gasteiger partial charge < -0.3 is 15.2 Å². The molecule has 0 saturated heterocycles. The van der Waals surface area contributed by atoms with E-state index in [0.717, 1.165) is 0 Å². The van der Waals surface area contributed by atoms with Crippen molar-refractivity contribution in [2.45, 2.75) is 39.4 Å². The highest BCUT2D eigenvalue weighted by Gasteiger charge is 2.33. The summed E-state index contributed by atoms with van der Waals surface area (Å²) in [5.74, 6) is 0.0552. The summed E-state index contributed by atoms with van der Waals surface area (Å²) in [7, 11) is 1.49. The van der Waals surface area contributed by atoms with Crippen molar-refractivity contribution in [3.05, 3.63) is 0 Å².